The van der Waals surface area contributed by atoms with Gasteiger partial charge in [-0.25, -0.2) is 0 Å². The molecule has 1 aliphatic rings. The Morgan fingerprint density at radius 1 is 0.925 bits per heavy atom. The van der Waals surface area contributed by atoms with Gasteiger partial charge < -0.3 is 0 Å². The first kappa shape index (κ1) is 28.5. The van der Waals surface area contributed by atoms with Gasteiger partial charge in [0.05, 0.1) is 0 Å². The third-order valence-electron chi connectivity index (χ3n) is 7.50. The van der Waals surface area contributed by atoms with Gasteiger partial charge in [-0.2, -0.15) is 0 Å². The fraction of sp³-hybridized carbons (Fsp3) is 0.312. The van der Waals surface area contributed by atoms with E-state index < -0.39 is 20.2 Å². The molecule has 1 saturated heterocycles. The van der Waals surface area contributed by atoms with Crippen molar-refractivity contribution in [2.75, 3.05) is 6.61 Å². The van der Waals surface area contributed by atoms with E-state index in [4.69, 9.17) is 9.16 Å². The number of aryl methyl sites for hydroxylation is 1. The Balaban J connectivity index is 1.49. The molecule has 1 unspecified atom stereocenters. The van der Waals surface area contributed by atoms with Crippen molar-refractivity contribution in [3.8, 4) is 0 Å². The van der Waals surface area contributed by atoms with Crippen molar-refractivity contribution in [3.63, 3.8) is 0 Å². The zero-order valence-corrected chi connectivity index (χ0v) is 26.1. The van der Waals surface area contributed by atoms with Crippen molar-refractivity contribution in [2.45, 2.75) is 56.3 Å². The summed E-state index contributed by atoms with van der Waals surface area (Å²) >= 11 is 0.0571. The molecule has 1 fully saturated rings. The molecule has 0 spiro atoms. The zero-order chi connectivity index (χ0) is 28.3. The summed E-state index contributed by atoms with van der Waals surface area (Å²) < 4.78 is 16.6. The summed E-state index contributed by atoms with van der Waals surface area (Å²) in [5.74, 6) is 0. The first-order valence-corrected chi connectivity index (χ1v) is 17.4. The van der Waals surface area contributed by atoms with E-state index in [1.54, 1.807) is 17.7 Å². The molecule has 3 aromatic carbocycles. The molecule has 40 heavy (non-hydrogen) atoms. The van der Waals surface area contributed by atoms with Gasteiger partial charge in [0, 0.05) is 0 Å². The second kappa shape index (κ2) is 11.8. The maximum absolute atomic E-state index is 12.9. The van der Waals surface area contributed by atoms with E-state index in [9.17, 15) is 9.59 Å². The molecule has 0 saturated carbocycles. The number of H-pyrrole nitrogens is 1. The van der Waals surface area contributed by atoms with Gasteiger partial charge >= 0.3 is 243 Å². The van der Waals surface area contributed by atoms with Crippen molar-refractivity contribution < 1.29 is 9.16 Å². The van der Waals surface area contributed by atoms with Crippen LogP contribution in [0.15, 0.2) is 107 Å². The van der Waals surface area contributed by atoms with Gasteiger partial charge in [-0.05, 0) is 0 Å². The van der Waals surface area contributed by atoms with Gasteiger partial charge in [-0.3, -0.25) is 0 Å². The van der Waals surface area contributed by atoms with Crippen LogP contribution in [0.1, 0.15) is 39.0 Å². The van der Waals surface area contributed by atoms with Crippen molar-refractivity contribution in [2.24, 2.45) is 0 Å². The summed E-state index contributed by atoms with van der Waals surface area (Å²) in [7, 11) is -2.73. The molecule has 0 bridgehead atoms. The molecular weight excluding hydrogens is 583 g/mol. The quantitative estimate of drug-likeness (QED) is 0.307. The number of benzene rings is 3. The predicted molar refractivity (Wildman–Crippen MR) is 164 cm³/mol. The SMILES string of the molecule is Cc1cn([C@@H]2O[C@H](CO[Si](c3ccccc3)(c3ccccc3)C(C)(C)C)CC2[Se]c2ccccc2)c(=O)[nH]c1=O. The second-order valence-electron chi connectivity index (χ2n) is 11.3. The minimum absolute atomic E-state index is 0.0571. The van der Waals surface area contributed by atoms with Gasteiger partial charge in [-0.1, -0.05) is 0 Å². The van der Waals surface area contributed by atoms with Crippen LogP contribution in [0.25, 0.3) is 0 Å². The molecule has 0 amide bonds. The van der Waals surface area contributed by atoms with Gasteiger partial charge in [0.15, 0.2) is 0 Å². The monoisotopic (exact) mass is 620 g/mol. The molecule has 1 N–H and O–H groups in total. The van der Waals surface area contributed by atoms with Crippen LogP contribution in [-0.4, -0.2) is 45.5 Å². The molecule has 5 rings (SSSR count). The number of aromatic amines is 1. The van der Waals surface area contributed by atoms with Crippen LogP contribution in [0.2, 0.25) is 9.85 Å². The second-order valence-corrected chi connectivity index (χ2v) is 18.4. The number of ether oxygens (including phenoxy) is 1. The Kier molecular flexibility index (Phi) is 8.45. The molecule has 0 aliphatic carbocycles. The molecule has 208 valence electrons. The molecule has 2 heterocycles. The van der Waals surface area contributed by atoms with E-state index in [1.165, 1.54) is 14.8 Å². The molecule has 8 heteroatoms. The Bertz CT molecular complexity index is 1500. The van der Waals surface area contributed by atoms with E-state index in [0.29, 0.717) is 12.2 Å². The van der Waals surface area contributed by atoms with Crippen LogP contribution in [0, 0.1) is 6.92 Å². The summed E-state index contributed by atoms with van der Waals surface area (Å²) in [6.07, 6.45) is 1.73. The maximum atomic E-state index is 12.9. The summed E-state index contributed by atoms with van der Waals surface area (Å²) in [4.78, 5) is 27.6. The number of nitrogens with zero attached hydrogens (tertiary/aromatic N) is 1. The average molecular weight is 620 g/mol. The number of hydrogen-bond acceptors (Lipinski definition) is 4. The summed E-state index contributed by atoms with van der Waals surface area (Å²) in [6.45, 7) is 8.93. The van der Waals surface area contributed by atoms with Gasteiger partial charge in [0.25, 0.3) is 0 Å². The van der Waals surface area contributed by atoms with E-state index >= 15 is 0 Å². The van der Waals surface area contributed by atoms with Crippen molar-refractivity contribution in [1.82, 2.24) is 9.55 Å². The summed E-state index contributed by atoms with van der Waals surface area (Å²) in [6, 6.07) is 31.5. The predicted octanol–water partition coefficient (Wildman–Crippen LogP) is 3.53. The van der Waals surface area contributed by atoms with E-state index in [1.807, 2.05) is 30.3 Å². The molecule has 1 aliphatic heterocycles. The number of nitrogens with one attached hydrogen (secondary N) is 1. The average Bonchev–Trinajstić information content (AvgIpc) is 3.34. The molecule has 3 atom stereocenters. The number of rotatable bonds is 8. The van der Waals surface area contributed by atoms with Gasteiger partial charge in [0.1, 0.15) is 0 Å². The van der Waals surface area contributed by atoms with E-state index in [-0.39, 0.29) is 36.5 Å². The normalized spacial score (nSPS) is 19.6. The summed E-state index contributed by atoms with van der Waals surface area (Å²) in [5.41, 5.74) is -0.319. The minimum atomic E-state index is -2.73. The fourth-order valence-electron chi connectivity index (χ4n) is 5.60. The Morgan fingerprint density at radius 2 is 1.48 bits per heavy atom. The molecular formula is C32H36N2O4SeSi. The third kappa shape index (κ3) is 5.73. The Morgan fingerprint density at radius 3 is 2.02 bits per heavy atom. The van der Waals surface area contributed by atoms with Crippen LogP contribution < -0.4 is 26.1 Å². The van der Waals surface area contributed by atoms with Crippen LogP contribution in [-0.2, 0) is 9.16 Å². The van der Waals surface area contributed by atoms with Crippen LogP contribution in [0.4, 0.5) is 0 Å². The molecule has 1 aromatic heterocycles. The van der Waals surface area contributed by atoms with Crippen molar-refractivity contribution >= 4 is 38.1 Å². The van der Waals surface area contributed by atoms with Crippen molar-refractivity contribution in [3.05, 3.63) is 124 Å². The van der Waals surface area contributed by atoms with E-state index in [0.717, 1.165) is 6.42 Å². The van der Waals surface area contributed by atoms with Crippen LogP contribution in [0.3, 0.4) is 0 Å². The Labute approximate surface area is 242 Å². The fourth-order valence-corrected chi connectivity index (χ4v) is 12.9. The number of hydrogen-bond donors (Lipinski definition) is 1. The van der Waals surface area contributed by atoms with Crippen LogP contribution in [0.5, 0.6) is 0 Å². The Hall–Kier alpha value is -3.00. The van der Waals surface area contributed by atoms with E-state index in [2.05, 4.69) is 86.4 Å². The van der Waals surface area contributed by atoms with Gasteiger partial charge in [-0.15, -0.1) is 0 Å². The summed E-state index contributed by atoms with van der Waals surface area (Å²) in [5, 5.41) is 2.30. The third-order valence-corrected chi connectivity index (χ3v) is 15.2. The first-order chi connectivity index (χ1) is 19.2. The van der Waals surface area contributed by atoms with Gasteiger partial charge in [0.2, 0.25) is 0 Å². The molecule has 0 radical (unpaired) electrons. The van der Waals surface area contributed by atoms with Crippen molar-refractivity contribution in [1.29, 1.82) is 0 Å². The number of aromatic nitrogens is 2. The van der Waals surface area contributed by atoms with Crippen LogP contribution >= 0.6 is 0 Å². The molecule has 6 nitrogen and oxygen atoms in total. The first-order valence-electron chi connectivity index (χ1n) is 13.6. The zero-order valence-electron chi connectivity index (χ0n) is 23.4. The standard InChI is InChI=1S/C32H36N2O4SeSi/c1-23-21-34(31(36)33-29(23)35)30-28(39-25-14-8-5-9-15-25)20-24(38-30)22-37-40(32(2,3)4,26-16-10-6-11-17-26)27-18-12-7-13-19-27/h5-19,21,24,28,30H,20,22H2,1-4H3,(H,33,35,36)/t24-,28?,30+/m0/s1. The molecule has 4 aromatic rings. The topological polar surface area (TPSA) is 73.3 Å².